The molecule has 3 fully saturated rings. The molecule has 6 atom stereocenters. The van der Waals surface area contributed by atoms with Crippen molar-refractivity contribution in [2.24, 2.45) is 17.3 Å². The summed E-state index contributed by atoms with van der Waals surface area (Å²) in [7, 11) is 0. The van der Waals surface area contributed by atoms with E-state index in [1.807, 2.05) is 27.7 Å². The average molecular weight is 451 g/mol. The van der Waals surface area contributed by atoms with E-state index in [1.54, 1.807) is 13.8 Å². The first kappa shape index (κ1) is 23.2. The van der Waals surface area contributed by atoms with E-state index >= 15 is 0 Å². The summed E-state index contributed by atoms with van der Waals surface area (Å²) in [6.07, 6.45) is 2.25. The first-order valence-corrected chi connectivity index (χ1v) is 11.7. The minimum Gasteiger partial charge on any atom is -0.479 e. The van der Waals surface area contributed by atoms with Gasteiger partial charge in [0.05, 0.1) is 13.2 Å². The molecule has 8 heteroatoms. The van der Waals surface area contributed by atoms with Crippen molar-refractivity contribution in [1.29, 1.82) is 0 Å². The monoisotopic (exact) mass is 450 g/mol. The highest BCUT2D eigenvalue weighted by Gasteiger charge is 2.73. The van der Waals surface area contributed by atoms with Crippen LogP contribution in [-0.2, 0) is 38.1 Å². The number of esters is 2. The lowest BCUT2D eigenvalue weighted by Crippen LogP contribution is -2.68. The van der Waals surface area contributed by atoms with Gasteiger partial charge in [-0.2, -0.15) is 0 Å². The molecule has 1 saturated heterocycles. The number of carbonyl (C=O) groups is 3. The number of rotatable bonds is 4. The number of Topliss-reactive ketones (excluding diaryl/α,β-unsaturated/α-hetero) is 1. The van der Waals surface area contributed by atoms with Crippen LogP contribution >= 0.6 is 0 Å². The summed E-state index contributed by atoms with van der Waals surface area (Å²) in [5.41, 5.74) is -2.09. The van der Waals surface area contributed by atoms with Crippen LogP contribution in [0.2, 0.25) is 0 Å². The van der Waals surface area contributed by atoms with E-state index in [-0.39, 0.29) is 36.4 Å². The summed E-state index contributed by atoms with van der Waals surface area (Å²) in [5, 5.41) is 0. The van der Waals surface area contributed by atoms with E-state index in [2.05, 4.69) is 0 Å². The Morgan fingerprint density at radius 3 is 2.38 bits per heavy atom. The van der Waals surface area contributed by atoms with Crippen molar-refractivity contribution in [3.8, 4) is 0 Å². The van der Waals surface area contributed by atoms with Gasteiger partial charge in [0.15, 0.2) is 17.1 Å². The number of carbonyl (C=O) groups excluding carboxylic acids is 3. The second-order valence-electron chi connectivity index (χ2n) is 9.92. The molecule has 8 nitrogen and oxygen atoms in total. The third kappa shape index (κ3) is 3.13. The van der Waals surface area contributed by atoms with Gasteiger partial charge < -0.3 is 23.7 Å². The van der Waals surface area contributed by atoms with Crippen LogP contribution in [-0.4, -0.2) is 54.5 Å². The van der Waals surface area contributed by atoms with Crippen molar-refractivity contribution in [2.75, 3.05) is 13.2 Å². The maximum atomic E-state index is 14.2. The number of ether oxygens (including phenoxy) is 5. The Morgan fingerprint density at radius 1 is 1.06 bits per heavy atom. The molecule has 2 aliphatic carbocycles. The number of ketones is 1. The summed E-state index contributed by atoms with van der Waals surface area (Å²) >= 11 is 0. The summed E-state index contributed by atoms with van der Waals surface area (Å²) in [4.78, 5) is 40.1. The van der Waals surface area contributed by atoms with Crippen molar-refractivity contribution in [3.63, 3.8) is 0 Å². The van der Waals surface area contributed by atoms with Gasteiger partial charge in [-0.05, 0) is 40.5 Å². The minimum absolute atomic E-state index is 0.0673. The van der Waals surface area contributed by atoms with Gasteiger partial charge in [0.1, 0.15) is 17.8 Å². The van der Waals surface area contributed by atoms with Gasteiger partial charge in [0, 0.05) is 17.3 Å². The Labute approximate surface area is 188 Å². The lowest BCUT2D eigenvalue weighted by molar-refractivity contribution is -0.214. The fourth-order valence-corrected chi connectivity index (χ4v) is 6.48. The molecule has 2 heterocycles. The predicted octanol–water partition coefficient (Wildman–Crippen LogP) is 3.07. The molecule has 2 aliphatic heterocycles. The number of hydrogen-bond acceptors (Lipinski definition) is 8. The van der Waals surface area contributed by atoms with E-state index in [0.29, 0.717) is 0 Å². The SMILES string of the molecule is CCOC(=O)C1=C(C(=O)OCC)C(=O)[C@]2(C)[C@H](C)[C@H](O1)[C@H]1OC(C)(C)O[C@]13CCCC[C@H]32. The molecule has 0 unspecified atom stereocenters. The average Bonchev–Trinajstić information content (AvgIpc) is 2.96. The fourth-order valence-electron chi connectivity index (χ4n) is 6.48. The Morgan fingerprint density at radius 2 is 1.72 bits per heavy atom. The molecule has 32 heavy (non-hydrogen) atoms. The summed E-state index contributed by atoms with van der Waals surface area (Å²) in [6, 6.07) is 0. The first-order chi connectivity index (χ1) is 15.0. The zero-order valence-corrected chi connectivity index (χ0v) is 19.8. The van der Waals surface area contributed by atoms with E-state index < -0.39 is 46.7 Å². The lowest BCUT2D eigenvalue weighted by atomic mass is 9.48. The molecular formula is C24H34O8. The van der Waals surface area contributed by atoms with Crippen molar-refractivity contribution < 1.29 is 38.1 Å². The van der Waals surface area contributed by atoms with E-state index in [1.165, 1.54) is 0 Å². The normalized spacial score (nSPS) is 40.0. The van der Waals surface area contributed by atoms with Gasteiger partial charge in [-0.25, -0.2) is 9.59 Å². The molecule has 0 radical (unpaired) electrons. The van der Waals surface area contributed by atoms with Crippen LogP contribution in [0.25, 0.3) is 0 Å². The highest BCUT2D eigenvalue weighted by atomic mass is 16.8. The maximum Gasteiger partial charge on any atom is 0.374 e. The molecule has 0 aromatic carbocycles. The highest BCUT2D eigenvalue weighted by Crippen LogP contribution is 2.64. The molecule has 2 bridgehead atoms. The zero-order valence-electron chi connectivity index (χ0n) is 19.8. The van der Waals surface area contributed by atoms with Gasteiger partial charge in [0.25, 0.3) is 0 Å². The third-order valence-electron chi connectivity index (χ3n) is 7.83. The lowest BCUT2D eigenvalue weighted by Gasteiger charge is -2.58. The van der Waals surface area contributed by atoms with E-state index in [9.17, 15) is 14.4 Å². The van der Waals surface area contributed by atoms with Gasteiger partial charge in [-0.1, -0.05) is 26.7 Å². The second kappa shape index (κ2) is 7.83. The van der Waals surface area contributed by atoms with Crippen molar-refractivity contribution in [1.82, 2.24) is 0 Å². The summed E-state index contributed by atoms with van der Waals surface area (Å²) in [6.45, 7) is 11.0. The number of fused-ring (bicyclic) bond motifs is 4. The van der Waals surface area contributed by atoms with Crippen molar-refractivity contribution >= 4 is 17.7 Å². The van der Waals surface area contributed by atoms with Gasteiger partial charge in [-0.3, -0.25) is 4.79 Å². The van der Waals surface area contributed by atoms with Gasteiger partial charge >= 0.3 is 11.9 Å². The van der Waals surface area contributed by atoms with Crippen LogP contribution in [0.5, 0.6) is 0 Å². The van der Waals surface area contributed by atoms with Crippen LogP contribution in [0.4, 0.5) is 0 Å². The van der Waals surface area contributed by atoms with Crippen LogP contribution in [0.15, 0.2) is 11.3 Å². The molecule has 4 aliphatic rings. The van der Waals surface area contributed by atoms with Crippen molar-refractivity contribution in [2.45, 2.75) is 90.8 Å². The van der Waals surface area contributed by atoms with E-state index in [0.717, 1.165) is 25.7 Å². The zero-order chi connectivity index (χ0) is 23.5. The quantitative estimate of drug-likeness (QED) is 0.476. The highest BCUT2D eigenvalue weighted by molar-refractivity contribution is 6.23. The summed E-state index contributed by atoms with van der Waals surface area (Å²) < 4.78 is 29.6. The molecule has 2 saturated carbocycles. The third-order valence-corrected chi connectivity index (χ3v) is 7.83. The number of hydrogen-bond donors (Lipinski definition) is 0. The molecule has 0 N–H and O–H groups in total. The Kier molecular flexibility index (Phi) is 5.69. The predicted molar refractivity (Wildman–Crippen MR) is 112 cm³/mol. The van der Waals surface area contributed by atoms with Gasteiger partial charge in [0.2, 0.25) is 5.76 Å². The standard InChI is InChI=1S/C24H34O8/c1-7-28-20(26)15-17(21(27)29-8-2)30-16-13(3)23(6,18(15)25)14-11-9-10-12-24(14)19(16)31-22(4,5)32-24/h13-14,16,19H,7-12H2,1-6H3/t13-,14+,16+,19-,23-,24+/m1/s1. The molecule has 1 spiro atoms. The topological polar surface area (TPSA) is 97.4 Å². The molecule has 178 valence electrons. The van der Waals surface area contributed by atoms with Crippen LogP contribution in [0.3, 0.4) is 0 Å². The maximum absolute atomic E-state index is 14.2. The fraction of sp³-hybridized carbons (Fsp3) is 0.792. The summed E-state index contributed by atoms with van der Waals surface area (Å²) in [5.74, 6) is -3.90. The smallest absolute Gasteiger partial charge is 0.374 e. The minimum atomic E-state index is -0.998. The van der Waals surface area contributed by atoms with E-state index in [4.69, 9.17) is 23.7 Å². The molecular weight excluding hydrogens is 416 g/mol. The Balaban J connectivity index is 1.94. The Bertz CT molecular complexity index is 860. The van der Waals surface area contributed by atoms with Crippen LogP contribution < -0.4 is 0 Å². The van der Waals surface area contributed by atoms with Crippen molar-refractivity contribution in [3.05, 3.63) is 11.3 Å². The Hall–Kier alpha value is -1.93. The van der Waals surface area contributed by atoms with Crippen LogP contribution in [0, 0.1) is 17.3 Å². The molecule has 0 aromatic rings. The second-order valence-corrected chi connectivity index (χ2v) is 9.92. The first-order valence-electron chi connectivity index (χ1n) is 11.7. The molecule has 0 amide bonds. The van der Waals surface area contributed by atoms with Gasteiger partial charge in [-0.15, -0.1) is 0 Å². The van der Waals surface area contributed by atoms with Crippen LogP contribution in [0.1, 0.15) is 67.2 Å². The molecule has 0 aromatic heterocycles. The largest absolute Gasteiger partial charge is 0.479 e. The molecule has 4 rings (SSSR count).